The first-order valence-electron chi connectivity index (χ1n) is 9.60. The Bertz CT molecular complexity index is 911. The third-order valence-electron chi connectivity index (χ3n) is 4.92. The van der Waals surface area contributed by atoms with Crippen LogP contribution in [0.1, 0.15) is 52.3 Å². The fourth-order valence-electron chi connectivity index (χ4n) is 3.89. The fraction of sp³-hybridized carbons (Fsp3) is 0.722. The highest BCUT2D eigenvalue weighted by Gasteiger charge is 2.56. The molecule has 0 unspecified atom stereocenters. The zero-order chi connectivity index (χ0) is 19.9. The summed E-state index contributed by atoms with van der Waals surface area (Å²) in [6.07, 6.45) is 1.19. The van der Waals surface area contributed by atoms with Gasteiger partial charge in [0.25, 0.3) is 0 Å². The van der Waals surface area contributed by atoms with Crippen LogP contribution in [0.15, 0.2) is 5.16 Å². The van der Waals surface area contributed by atoms with Gasteiger partial charge in [-0.25, -0.2) is 14.6 Å². The summed E-state index contributed by atoms with van der Waals surface area (Å²) in [6.45, 7) is 8.47. The Balaban J connectivity index is 1.75. The van der Waals surface area contributed by atoms with Gasteiger partial charge in [0.1, 0.15) is 18.3 Å². The van der Waals surface area contributed by atoms with E-state index in [-0.39, 0.29) is 30.0 Å². The number of fused-ring (bicyclic) bond motifs is 2. The third-order valence-corrected chi connectivity index (χ3v) is 5.98. The van der Waals surface area contributed by atoms with Crippen LogP contribution in [0.2, 0.25) is 0 Å². The number of thioether (sulfide) groups is 1. The molecule has 0 bridgehead atoms. The second kappa shape index (κ2) is 7.55. The Labute approximate surface area is 167 Å². The molecule has 2 aromatic heterocycles. The zero-order valence-electron chi connectivity index (χ0n) is 16.5. The summed E-state index contributed by atoms with van der Waals surface area (Å²) in [4.78, 5) is 8.97. The molecule has 4 rings (SSSR count). The molecule has 150 valence electrons. The van der Waals surface area contributed by atoms with E-state index in [9.17, 15) is 5.26 Å². The molecule has 1 aliphatic carbocycles. The van der Waals surface area contributed by atoms with Crippen LogP contribution in [0.4, 0.5) is 0 Å². The Hall–Kier alpha value is -1.80. The number of rotatable bonds is 6. The van der Waals surface area contributed by atoms with Crippen molar-refractivity contribution in [3.05, 3.63) is 5.69 Å². The third kappa shape index (κ3) is 3.37. The molecule has 9 nitrogen and oxygen atoms in total. The summed E-state index contributed by atoms with van der Waals surface area (Å²) >= 11 is 1.52. The van der Waals surface area contributed by atoms with Gasteiger partial charge in [0.2, 0.25) is 0 Å². The first-order chi connectivity index (χ1) is 13.5. The predicted octanol–water partition coefficient (Wildman–Crippen LogP) is 2.47. The lowest BCUT2D eigenvalue weighted by Gasteiger charge is -2.23. The van der Waals surface area contributed by atoms with Crippen LogP contribution in [0.5, 0.6) is 0 Å². The maximum atomic E-state index is 9.50. The summed E-state index contributed by atoms with van der Waals surface area (Å²) in [5.74, 6) is 0.193. The summed E-state index contributed by atoms with van der Waals surface area (Å²) in [5.41, 5.74) is 1.21. The van der Waals surface area contributed by atoms with E-state index in [1.807, 2.05) is 20.8 Å². The van der Waals surface area contributed by atoms with Crippen LogP contribution in [0.25, 0.3) is 11.2 Å². The molecule has 28 heavy (non-hydrogen) atoms. The van der Waals surface area contributed by atoms with Gasteiger partial charge in [-0.1, -0.05) is 23.9 Å². The van der Waals surface area contributed by atoms with Crippen LogP contribution in [0.3, 0.4) is 0 Å². The lowest BCUT2D eigenvalue weighted by atomic mass is 10.2. The highest BCUT2D eigenvalue weighted by Crippen LogP contribution is 2.45. The number of hydrogen-bond acceptors (Lipinski definition) is 9. The summed E-state index contributed by atoms with van der Waals surface area (Å²) in [5, 5.41) is 18.6. The molecule has 2 aliphatic rings. The van der Waals surface area contributed by atoms with Crippen LogP contribution in [-0.2, 0) is 14.2 Å². The summed E-state index contributed by atoms with van der Waals surface area (Å²) in [7, 11) is 0. The molecule has 3 heterocycles. The SMILES string of the molecule is CCCSc1nc(C#N)c2nnn([C@@H]3C[C@H](OCC)[C@H]4OC(C)(C)O[C@H]43)c2n1. The monoisotopic (exact) mass is 404 g/mol. The average Bonchev–Trinajstić information content (AvgIpc) is 3.31. The van der Waals surface area contributed by atoms with E-state index in [0.29, 0.717) is 29.3 Å². The van der Waals surface area contributed by atoms with Gasteiger partial charge < -0.3 is 14.2 Å². The quantitative estimate of drug-likeness (QED) is 0.530. The van der Waals surface area contributed by atoms with E-state index < -0.39 is 5.79 Å². The summed E-state index contributed by atoms with van der Waals surface area (Å²) in [6, 6.07) is 1.98. The van der Waals surface area contributed by atoms with Crippen molar-refractivity contribution in [1.82, 2.24) is 25.0 Å². The van der Waals surface area contributed by atoms with Crippen molar-refractivity contribution < 1.29 is 14.2 Å². The van der Waals surface area contributed by atoms with Crippen LogP contribution >= 0.6 is 11.8 Å². The maximum Gasteiger partial charge on any atom is 0.191 e. The van der Waals surface area contributed by atoms with Crippen molar-refractivity contribution in [1.29, 1.82) is 5.26 Å². The van der Waals surface area contributed by atoms with Gasteiger partial charge in [-0.2, -0.15) is 5.26 Å². The van der Waals surface area contributed by atoms with E-state index in [0.717, 1.165) is 12.2 Å². The van der Waals surface area contributed by atoms with Gasteiger partial charge in [-0.15, -0.1) is 5.10 Å². The Morgan fingerprint density at radius 3 is 2.79 bits per heavy atom. The molecule has 4 atom stereocenters. The highest BCUT2D eigenvalue weighted by atomic mass is 32.2. The topological polar surface area (TPSA) is 108 Å². The van der Waals surface area contributed by atoms with E-state index in [1.54, 1.807) is 4.68 Å². The van der Waals surface area contributed by atoms with E-state index in [4.69, 9.17) is 14.2 Å². The molecular weight excluding hydrogens is 380 g/mol. The summed E-state index contributed by atoms with van der Waals surface area (Å²) < 4.78 is 20.0. The molecule has 1 saturated heterocycles. The number of aromatic nitrogens is 5. The molecule has 0 amide bonds. The van der Waals surface area contributed by atoms with Crippen molar-refractivity contribution in [2.45, 2.75) is 75.8 Å². The van der Waals surface area contributed by atoms with Crippen molar-refractivity contribution in [2.24, 2.45) is 0 Å². The second-order valence-electron chi connectivity index (χ2n) is 7.38. The lowest BCUT2D eigenvalue weighted by Crippen LogP contribution is -2.31. The number of ether oxygens (including phenoxy) is 3. The average molecular weight is 404 g/mol. The zero-order valence-corrected chi connectivity index (χ0v) is 17.3. The minimum atomic E-state index is -0.686. The normalized spacial score (nSPS) is 28.5. The predicted molar refractivity (Wildman–Crippen MR) is 102 cm³/mol. The Morgan fingerprint density at radius 2 is 2.07 bits per heavy atom. The van der Waals surface area contributed by atoms with Gasteiger partial charge in [-0.05, 0) is 27.2 Å². The van der Waals surface area contributed by atoms with Crippen LogP contribution in [0, 0.1) is 11.3 Å². The highest BCUT2D eigenvalue weighted by molar-refractivity contribution is 7.99. The van der Waals surface area contributed by atoms with Gasteiger partial charge in [-0.3, -0.25) is 0 Å². The number of nitriles is 1. The van der Waals surface area contributed by atoms with Gasteiger partial charge >= 0.3 is 0 Å². The molecule has 0 spiro atoms. The number of nitrogens with zero attached hydrogens (tertiary/aromatic N) is 6. The molecule has 0 radical (unpaired) electrons. The minimum Gasteiger partial charge on any atom is -0.376 e. The van der Waals surface area contributed by atoms with Crippen molar-refractivity contribution >= 4 is 22.9 Å². The van der Waals surface area contributed by atoms with E-state index >= 15 is 0 Å². The maximum absolute atomic E-state index is 9.50. The second-order valence-corrected chi connectivity index (χ2v) is 8.44. The molecule has 0 aromatic carbocycles. The molecule has 10 heteroatoms. The van der Waals surface area contributed by atoms with Gasteiger partial charge in [0.05, 0.1) is 12.1 Å². The molecule has 2 aromatic rings. The smallest absolute Gasteiger partial charge is 0.191 e. The first kappa shape index (κ1) is 19.5. The largest absolute Gasteiger partial charge is 0.376 e. The van der Waals surface area contributed by atoms with Crippen LogP contribution < -0.4 is 0 Å². The fourth-order valence-corrected chi connectivity index (χ4v) is 4.59. The molecule has 2 fully saturated rings. The minimum absolute atomic E-state index is 0.0905. The van der Waals surface area contributed by atoms with Crippen LogP contribution in [-0.4, -0.2) is 61.4 Å². The molecular formula is C18H24N6O3S. The van der Waals surface area contributed by atoms with E-state index in [1.165, 1.54) is 11.8 Å². The first-order valence-corrected chi connectivity index (χ1v) is 10.6. The van der Waals surface area contributed by atoms with Gasteiger partial charge in [0, 0.05) is 18.8 Å². The molecule has 1 saturated carbocycles. The van der Waals surface area contributed by atoms with Crippen molar-refractivity contribution in [3.8, 4) is 6.07 Å². The van der Waals surface area contributed by atoms with E-state index in [2.05, 4.69) is 33.3 Å². The Morgan fingerprint density at radius 1 is 1.29 bits per heavy atom. The van der Waals surface area contributed by atoms with Crippen molar-refractivity contribution in [2.75, 3.05) is 12.4 Å². The standard InChI is InChI=1S/C18H24N6O3S/c1-5-7-28-17-20-10(9-19)13-16(21-17)24(23-22-13)11-8-12(25-6-2)15-14(11)26-18(3,4)27-15/h11-12,14-15H,5-8H2,1-4H3/t11-,12+,14+,15-/m1/s1. The molecule has 0 N–H and O–H groups in total. The van der Waals surface area contributed by atoms with Gasteiger partial charge in [0.15, 0.2) is 27.8 Å². The lowest BCUT2D eigenvalue weighted by molar-refractivity contribution is -0.170. The number of hydrogen-bond donors (Lipinski definition) is 0. The van der Waals surface area contributed by atoms with Crippen molar-refractivity contribution in [3.63, 3.8) is 0 Å². The molecule has 1 aliphatic heterocycles. The Kier molecular flexibility index (Phi) is 5.26.